The lowest BCUT2D eigenvalue weighted by molar-refractivity contribution is -0.145. The third-order valence-electron chi connectivity index (χ3n) is 7.18. The molecule has 38 heavy (non-hydrogen) atoms. The lowest BCUT2D eigenvalue weighted by Gasteiger charge is -2.34. The fourth-order valence-electron chi connectivity index (χ4n) is 5.21. The Morgan fingerprint density at radius 2 is 2.08 bits per heavy atom. The number of benzene rings is 1. The number of rotatable bonds is 5. The molecule has 2 aliphatic rings. The van der Waals surface area contributed by atoms with E-state index >= 15 is 0 Å². The molecule has 4 heterocycles. The summed E-state index contributed by atoms with van der Waals surface area (Å²) in [5.74, 6) is 1.37. The van der Waals surface area contributed by atoms with E-state index in [4.69, 9.17) is 9.40 Å². The van der Waals surface area contributed by atoms with Gasteiger partial charge in [0.15, 0.2) is 5.65 Å². The standard InChI is InChI=1S/C25H26BrN9O3/c1-14-31-32-22(38-14)15-3-5-17(6-4-15)35-21-18(20(26)33-35)12-28-24(30-21)29-16-7-8-25(2,11-16)23(37)34-10-9-27-19(36)13-34/h3-6,12,16H,7-11,13H2,1-2H3,(H,27,36)(H,28,29,30)/t16-,25-/m1/s1. The second-order valence-corrected chi connectivity index (χ2v) is 10.8. The van der Waals surface area contributed by atoms with Crippen molar-refractivity contribution in [3.05, 3.63) is 41.0 Å². The normalized spacial score (nSPS) is 21.6. The molecule has 3 aromatic heterocycles. The average Bonchev–Trinajstić information content (AvgIpc) is 3.61. The van der Waals surface area contributed by atoms with E-state index in [1.807, 2.05) is 31.2 Å². The number of amides is 2. The van der Waals surface area contributed by atoms with Crippen molar-refractivity contribution in [1.29, 1.82) is 0 Å². The van der Waals surface area contributed by atoms with Crippen LogP contribution in [0.2, 0.25) is 0 Å². The number of hydrogen-bond acceptors (Lipinski definition) is 9. The number of anilines is 1. The summed E-state index contributed by atoms with van der Waals surface area (Å²) >= 11 is 3.52. The molecule has 0 spiro atoms. The number of carbonyl (C=O) groups is 2. The van der Waals surface area contributed by atoms with Crippen LogP contribution in [-0.4, -0.2) is 72.3 Å². The van der Waals surface area contributed by atoms with E-state index in [1.165, 1.54) is 0 Å². The van der Waals surface area contributed by atoms with Crippen LogP contribution in [0.1, 0.15) is 32.1 Å². The first-order valence-electron chi connectivity index (χ1n) is 12.4. The highest BCUT2D eigenvalue weighted by Gasteiger charge is 2.44. The van der Waals surface area contributed by atoms with Gasteiger partial charge in [-0.1, -0.05) is 6.92 Å². The van der Waals surface area contributed by atoms with Crippen LogP contribution in [0.5, 0.6) is 0 Å². The minimum absolute atomic E-state index is 0.0363. The Bertz CT molecular complexity index is 1530. The molecule has 1 aliphatic carbocycles. The van der Waals surface area contributed by atoms with Crippen LogP contribution in [0.3, 0.4) is 0 Å². The lowest BCUT2D eigenvalue weighted by atomic mass is 9.86. The van der Waals surface area contributed by atoms with Crippen molar-refractivity contribution in [2.75, 3.05) is 25.0 Å². The van der Waals surface area contributed by atoms with Gasteiger partial charge in [0.05, 0.1) is 17.6 Å². The van der Waals surface area contributed by atoms with E-state index in [0.29, 0.717) is 47.5 Å². The predicted molar refractivity (Wildman–Crippen MR) is 141 cm³/mol. The molecule has 13 heteroatoms. The first-order chi connectivity index (χ1) is 18.3. The summed E-state index contributed by atoms with van der Waals surface area (Å²) in [5.41, 5.74) is 1.75. The van der Waals surface area contributed by atoms with Crippen LogP contribution in [0.15, 0.2) is 39.5 Å². The van der Waals surface area contributed by atoms with E-state index in [-0.39, 0.29) is 24.4 Å². The molecule has 2 atom stereocenters. The quantitative estimate of drug-likeness (QED) is 0.364. The fourth-order valence-corrected chi connectivity index (χ4v) is 5.65. The number of piperazine rings is 1. The van der Waals surface area contributed by atoms with E-state index in [1.54, 1.807) is 22.7 Å². The maximum absolute atomic E-state index is 13.2. The Balaban J connectivity index is 1.20. The zero-order valence-electron chi connectivity index (χ0n) is 20.9. The molecule has 1 saturated heterocycles. The second-order valence-electron chi connectivity index (χ2n) is 10.0. The molecular formula is C25H26BrN9O3. The largest absolute Gasteiger partial charge is 0.421 e. The molecule has 12 nitrogen and oxygen atoms in total. The van der Waals surface area contributed by atoms with Gasteiger partial charge in [0.25, 0.3) is 0 Å². The van der Waals surface area contributed by atoms with E-state index in [2.05, 4.69) is 46.8 Å². The second kappa shape index (κ2) is 9.46. The van der Waals surface area contributed by atoms with Crippen molar-refractivity contribution in [3.8, 4) is 17.1 Å². The molecule has 0 unspecified atom stereocenters. The zero-order chi connectivity index (χ0) is 26.4. The first kappa shape index (κ1) is 24.5. The van der Waals surface area contributed by atoms with Crippen molar-refractivity contribution in [3.63, 3.8) is 0 Å². The van der Waals surface area contributed by atoms with Gasteiger partial charge in [0, 0.05) is 43.2 Å². The van der Waals surface area contributed by atoms with E-state index in [9.17, 15) is 9.59 Å². The molecule has 0 radical (unpaired) electrons. The number of fused-ring (bicyclic) bond motifs is 1. The van der Waals surface area contributed by atoms with Crippen molar-refractivity contribution in [2.45, 2.75) is 39.2 Å². The van der Waals surface area contributed by atoms with E-state index in [0.717, 1.165) is 29.5 Å². The number of aromatic nitrogens is 6. The fraction of sp³-hybridized carbons (Fsp3) is 0.400. The smallest absolute Gasteiger partial charge is 0.247 e. The molecule has 2 amide bonds. The van der Waals surface area contributed by atoms with Crippen LogP contribution in [0.25, 0.3) is 28.2 Å². The summed E-state index contributed by atoms with van der Waals surface area (Å²) in [6, 6.07) is 7.66. The third kappa shape index (κ3) is 4.51. The highest BCUT2D eigenvalue weighted by molar-refractivity contribution is 9.10. The van der Waals surface area contributed by atoms with Gasteiger partial charge in [-0.2, -0.15) is 10.1 Å². The maximum Gasteiger partial charge on any atom is 0.247 e. The van der Waals surface area contributed by atoms with Gasteiger partial charge in [-0.25, -0.2) is 9.67 Å². The predicted octanol–water partition coefficient (Wildman–Crippen LogP) is 2.87. The molecule has 1 aliphatic heterocycles. The first-order valence-corrected chi connectivity index (χ1v) is 13.2. The van der Waals surface area contributed by atoms with Crippen molar-refractivity contribution in [1.82, 2.24) is 40.2 Å². The molecule has 1 aromatic carbocycles. The third-order valence-corrected chi connectivity index (χ3v) is 7.77. The zero-order valence-corrected chi connectivity index (χ0v) is 22.5. The van der Waals surface area contributed by atoms with Gasteiger partial charge in [-0.3, -0.25) is 9.59 Å². The lowest BCUT2D eigenvalue weighted by Crippen LogP contribution is -2.53. The summed E-state index contributed by atoms with van der Waals surface area (Å²) in [7, 11) is 0. The summed E-state index contributed by atoms with van der Waals surface area (Å²) in [4.78, 5) is 35.9. The van der Waals surface area contributed by atoms with Crippen LogP contribution in [-0.2, 0) is 9.59 Å². The van der Waals surface area contributed by atoms with Gasteiger partial charge >= 0.3 is 0 Å². The van der Waals surface area contributed by atoms with Gasteiger partial charge < -0.3 is 20.0 Å². The van der Waals surface area contributed by atoms with Gasteiger partial charge in [0.2, 0.25) is 29.5 Å². The highest BCUT2D eigenvalue weighted by atomic mass is 79.9. The van der Waals surface area contributed by atoms with Crippen LogP contribution in [0.4, 0.5) is 5.95 Å². The molecule has 196 valence electrons. The Morgan fingerprint density at radius 3 is 2.82 bits per heavy atom. The molecule has 2 fully saturated rings. The molecule has 1 saturated carbocycles. The monoisotopic (exact) mass is 579 g/mol. The van der Waals surface area contributed by atoms with Crippen molar-refractivity contribution in [2.24, 2.45) is 5.41 Å². The van der Waals surface area contributed by atoms with Gasteiger partial charge in [-0.15, -0.1) is 10.2 Å². The minimum Gasteiger partial charge on any atom is -0.421 e. The number of aryl methyl sites for hydroxylation is 1. The molecular weight excluding hydrogens is 554 g/mol. The number of nitrogens with one attached hydrogen (secondary N) is 2. The SMILES string of the molecule is Cc1nnc(-c2ccc(-n3nc(Br)c4cnc(N[C@@H]5CC[C@@](C)(C(=O)N6CCNC(=O)C6)C5)nc43)cc2)o1. The summed E-state index contributed by atoms with van der Waals surface area (Å²) in [6.45, 7) is 4.91. The van der Waals surface area contributed by atoms with Crippen molar-refractivity contribution >= 4 is 44.7 Å². The van der Waals surface area contributed by atoms with Crippen molar-refractivity contribution < 1.29 is 14.0 Å². The average molecular weight is 580 g/mol. The van der Waals surface area contributed by atoms with Gasteiger partial charge in [0.1, 0.15) is 4.60 Å². The van der Waals surface area contributed by atoms with Crippen LogP contribution >= 0.6 is 15.9 Å². The number of nitrogens with zero attached hydrogens (tertiary/aromatic N) is 7. The van der Waals surface area contributed by atoms with Crippen LogP contribution in [0, 0.1) is 12.3 Å². The Morgan fingerprint density at radius 1 is 1.26 bits per heavy atom. The number of halogens is 1. The number of hydrogen-bond donors (Lipinski definition) is 2. The van der Waals surface area contributed by atoms with Gasteiger partial charge in [-0.05, 0) is 59.5 Å². The van der Waals surface area contributed by atoms with E-state index < -0.39 is 5.41 Å². The Hall–Kier alpha value is -3.87. The summed E-state index contributed by atoms with van der Waals surface area (Å²) in [6.07, 6.45) is 3.92. The summed E-state index contributed by atoms with van der Waals surface area (Å²) in [5, 5.41) is 19.5. The molecule has 4 aromatic rings. The Labute approximate surface area is 226 Å². The highest BCUT2D eigenvalue weighted by Crippen LogP contribution is 2.40. The minimum atomic E-state index is -0.525. The molecule has 0 bridgehead atoms. The number of carbonyl (C=O) groups excluding carboxylic acids is 2. The van der Waals surface area contributed by atoms with Crippen LogP contribution < -0.4 is 10.6 Å². The maximum atomic E-state index is 13.2. The molecule has 2 N–H and O–H groups in total. The Kier molecular flexibility index (Phi) is 6.09. The molecule has 6 rings (SSSR count). The topological polar surface area (TPSA) is 144 Å². The summed E-state index contributed by atoms with van der Waals surface area (Å²) < 4.78 is 7.90.